The minimum Gasteiger partial charge on any atom is -0.508 e. The molecule has 0 fully saturated rings. The zero-order valence-electron chi connectivity index (χ0n) is 13.3. The summed E-state index contributed by atoms with van der Waals surface area (Å²) < 4.78 is 11.0. The van der Waals surface area contributed by atoms with Gasteiger partial charge in [-0.2, -0.15) is 0 Å². The Morgan fingerprint density at radius 2 is 2.17 bits per heavy atom. The van der Waals surface area contributed by atoms with Crippen LogP contribution >= 0.6 is 0 Å². The molecule has 120 valence electrons. The summed E-state index contributed by atoms with van der Waals surface area (Å²) in [6, 6.07) is 10.9. The number of phenols is 1. The van der Waals surface area contributed by atoms with Gasteiger partial charge in [-0.25, -0.2) is 4.79 Å². The van der Waals surface area contributed by atoms with E-state index in [1.807, 2.05) is 18.2 Å². The van der Waals surface area contributed by atoms with E-state index in [0.717, 1.165) is 41.7 Å². The first-order valence-electron chi connectivity index (χ1n) is 7.82. The highest BCUT2D eigenvalue weighted by molar-refractivity contribution is 5.91. The third-order valence-corrected chi connectivity index (χ3v) is 4.32. The molecule has 0 spiro atoms. The largest absolute Gasteiger partial charge is 0.508 e. The van der Waals surface area contributed by atoms with Crippen LogP contribution in [0.5, 0.6) is 11.5 Å². The lowest BCUT2D eigenvalue weighted by Gasteiger charge is -2.28. The van der Waals surface area contributed by atoms with Crippen LogP contribution < -0.4 is 4.74 Å². The number of carbonyl (C=O) groups is 1. The molecule has 4 heteroatoms. The van der Waals surface area contributed by atoms with Crippen LogP contribution in [0.3, 0.4) is 0 Å². The van der Waals surface area contributed by atoms with Crippen molar-refractivity contribution in [3.63, 3.8) is 0 Å². The van der Waals surface area contributed by atoms with Crippen molar-refractivity contribution in [2.45, 2.75) is 32.3 Å². The zero-order chi connectivity index (χ0) is 16.4. The number of ether oxygens (including phenoxy) is 2. The average Bonchev–Trinajstić information content (AvgIpc) is 2.59. The van der Waals surface area contributed by atoms with Gasteiger partial charge in [0, 0.05) is 5.56 Å². The average molecular weight is 312 g/mol. The van der Waals surface area contributed by atoms with Crippen LogP contribution in [0.25, 0.3) is 0 Å². The number of esters is 1. The fraction of sp³-hybridized carbons (Fsp3) is 0.316. The molecule has 1 N–H and O–H groups in total. The first kappa shape index (κ1) is 15.4. The number of fused-ring (bicyclic) bond motifs is 1. The fourth-order valence-corrected chi connectivity index (χ4v) is 3.15. The van der Waals surface area contributed by atoms with Crippen molar-refractivity contribution in [3.05, 3.63) is 58.7 Å². The maximum atomic E-state index is 11.9. The second kappa shape index (κ2) is 6.32. The first-order valence-corrected chi connectivity index (χ1v) is 7.82. The number of hydrogen-bond donors (Lipinski definition) is 1. The predicted octanol–water partition coefficient (Wildman–Crippen LogP) is 3.81. The highest BCUT2D eigenvalue weighted by Gasteiger charge is 2.26. The van der Waals surface area contributed by atoms with Gasteiger partial charge >= 0.3 is 5.97 Å². The maximum absolute atomic E-state index is 11.9. The summed E-state index contributed by atoms with van der Waals surface area (Å²) in [5.41, 5.74) is 3.67. The van der Waals surface area contributed by atoms with Gasteiger partial charge in [-0.1, -0.05) is 19.1 Å². The molecule has 23 heavy (non-hydrogen) atoms. The summed E-state index contributed by atoms with van der Waals surface area (Å²) in [5, 5.41) is 9.66. The number of aryl methyl sites for hydroxylation is 1. The third-order valence-electron chi connectivity index (χ3n) is 4.32. The van der Waals surface area contributed by atoms with Crippen LogP contribution in [0.2, 0.25) is 0 Å². The minimum atomic E-state index is -0.331. The highest BCUT2D eigenvalue weighted by atomic mass is 16.5. The highest BCUT2D eigenvalue weighted by Crippen LogP contribution is 2.38. The summed E-state index contributed by atoms with van der Waals surface area (Å²) in [6.07, 6.45) is 2.32. The predicted molar refractivity (Wildman–Crippen MR) is 87.0 cm³/mol. The molecule has 0 aromatic heterocycles. The monoisotopic (exact) mass is 312 g/mol. The number of methoxy groups -OCH3 is 1. The Kier molecular flexibility index (Phi) is 4.24. The lowest BCUT2D eigenvalue weighted by atomic mass is 9.91. The smallest absolute Gasteiger partial charge is 0.338 e. The van der Waals surface area contributed by atoms with Gasteiger partial charge in [-0.3, -0.25) is 0 Å². The van der Waals surface area contributed by atoms with Crippen LogP contribution in [0.4, 0.5) is 0 Å². The summed E-state index contributed by atoms with van der Waals surface area (Å²) in [4.78, 5) is 11.9. The number of benzene rings is 2. The molecular formula is C19H20O4. The molecule has 0 saturated heterocycles. The van der Waals surface area contributed by atoms with E-state index in [2.05, 4.69) is 6.92 Å². The van der Waals surface area contributed by atoms with E-state index in [1.54, 1.807) is 18.2 Å². The van der Waals surface area contributed by atoms with Gasteiger partial charge in [0.15, 0.2) is 0 Å². The Balaban J connectivity index is 1.94. The Labute approximate surface area is 135 Å². The molecule has 2 aromatic rings. The van der Waals surface area contributed by atoms with E-state index in [-0.39, 0.29) is 17.8 Å². The molecule has 0 saturated carbocycles. The lowest BCUT2D eigenvalue weighted by molar-refractivity contribution is 0.0596. The first-order chi connectivity index (χ1) is 11.1. The molecule has 0 aliphatic carbocycles. The van der Waals surface area contributed by atoms with Crippen molar-refractivity contribution in [3.8, 4) is 11.5 Å². The minimum absolute atomic E-state index is 0.0639. The van der Waals surface area contributed by atoms with Crippen molar-refractivity contribution < 1.29 is 19.4 Å². The van der Waals surface area contributed by atoms with Gasteiger partial charge in [0.25, 0.3) is 0 Å². The van der Waals surface area contributed by atoms with E-state index < -0.39 is 0 Å². The van der Waals surface area contributed by atoms with Crippen molar-refractivity contribution >= 4 is 5.97 Å². The van der Waals surface area contributed by atoms with Gasteiger partial charge in [-0.15, -0.1) is 0 Å². The normalized spacial score (nSPS) is 16.3. The molecule has 4 nitrogen and oxygen atoms in total. The molecule has 1 atom stereocenters. The molecular weight excluding hydrogens is 292 g/mol. The molecule has 1 unspecified atom stereocenters. The van der Waals surface area contributed by atoms with Gasteiger partial charge in [-0.05, 0) is 54.7 Å². The Morgan fingerprint density at radius 1 is 1.35 bits per heavy atom. The quantitative estimate of drug-likeness (QED) is 0.876. The van der Waals surface area contributed by atoms with Crippen LogP contribution in [0.15, 0.2) is 36.4 Å². The van der Waals surface area contributed by atoms with E-state index in [9.17, 15) is 9.90 Å². The van der Waals surface area contributed by atoms with Crippen LogP contribution in [0, 0.1) is 0 Å². The van der Waals surface area contributed by atoms with Crippen molar-refractivity contribution in [1.82, 2.24) is 0 Å². The topological polar surface area (TPSA) is 55.8 Å². The number of phenolic OH excluding ortho intramolecular Hbond substituents is 1. The van der Waals surface area contributed by atoms with Gasteiger partial charge in [0.1, 0.15) is 17.6 Å². The molecule has 0 amide bonds. The van der Waals surface area contributed by atoms with Crippen molar-refractivity contribution in [1.29, 1.82) is 0 Å². The summed E-state index contributed by atoms with van der Waals surface area (Å²) in [6.45, 7) is 2.06. The van der Waals surface area contributed by atoms with E-state index in [0.29, 0.717) is 5.56 Å². The second-order valence-electron chi connectivity index (χ2n) is 5.66. The van der Waals surface area contributed by atoms with Crippen molar-refractivity contribution in [2.24, 2.45) is 0 Å². The second-order valence-corrected chi connectivity index (χ2v) is 5.66. The summed E-state index contributed by atoms with van der Waals surface area (Å²) in [5.74, 6) is 0.678. The maximum Gasteiger partial charge on any atom is 0.338 e. The van der Waals surface area contributed by atoms with Gasteiger partial charge in [0.05, 0.1) is 12.7 Å². The van der Waals surface area contributed by atoms with E-state index >= 15 is 0 Å². The van der Waals surface area contributed by atoms with Gasteiger partial charge < -0.3 is 14.6 Å². The van der Waals surface area contributed by atoms with E-state index in [4.69, 9.17) is 9.47 Å². The number of hydrogen-bond acceptors (Lipinski definition) is 4. The molecule has 1 heterocycles. The van der Waals surface area contributed by atoms with E-state index in [1.165, 1.54) is 7.11 Å². The molecule has 1 aliphatic rings. The fourth-order valence-electron chi connectivity index (χ4n) is 3.15. The lowest BCUT2D eigenvalue weighted by Crippen LogP contribution is -2.19. The number of aromatic hydroxyl groups is 1. The molecule has 0 bridgehead atoms. The molecule has 0 radical (unpaired) electrons. The van der Waals surface area contributed by atoms with Crippen LogP contribution in [-0.2, 0) is 17.6 Å². The summed E-state index contributed by atoms with van der Waals surface area (Å²) >= 11 is 0. The molecule has 1 aliphatic heterocycles. The zero-order valence-corrected chi connectivity index (χ0v) is 13.3. The molecule has 3 rings (SSSR count). The SMILES string of the molecule is CCc1cc(O)ccc1C1CCc2c(cccc2C(=O)OC)O1. The third kappa shape index (κ3) is 2.89. The standard InChI is InChI=1S/C19H20O4/c1-3-12-11-13(20)7-8-14(12)18-10-9-15-16(19(21)22-2)5-4-6-17(15)23-18/h4-8,11,18,20H,3,9-10H2,1-2H3. The van der Waals surface area contributed by atoms with Crippen molar-refractivity contribution in [2.75, 3.05) is 7.11 Å². The van der Waals surface area contributed by atoms with Crippen LogP contribution in [0.1, 0.15) is 46.5 Å². The number of rotatable bonds is 3. The Morgan fingerprint density at radius 3 is 2.91 bits per heavy atom. The Hall–Kier alpha value is -2.49. The summed E-state index contributed by atoms with van der Waals surface area (Å²) in [7, 11) is 1.39. The Bertz CT molecular complexity index is 736. The number of carbonyl (C=O) groups excluding carboxylic acids is 1. The van der Waals surface area contributed by atoms with Gasteiger partial charge in [0.2, 0.25) is 0 Å². The van der Waals surface area contributed by atoms with Crippen LogP contribution in [-0.4, -0.2) is 18.2 Å². The molecule has 2 aromatic carbocycles.